The Morgan fingerprint density at radius 3 is 2.00 bits per heavy atom. The molecule has 0 amide bonds. The fourth-order valence-corrected chi connectivity index (χ4v) is 4.50. The molecule has 0 N–H and O–H groups in total. The summed E-state index contributed by atoms with van der Waals surface area (Å²) < 4.78 is 0. The van der Waals surface area contributed by atoms with E-state index >= 15 is 0 Å². The Labute approximate surface area is 213 Å². The maximum absolute atomic E-state index is 3.59. The molecule has 0 aromatic heterocycles. The Morgan fingerprint density at radius 2 is 1.47 bits per heavy atom. The van der Waals surface area contributed by atoms with Gasteiger partial charge < -0.3 is 29.7 Å². The van der Waals surface area contributed by atoms with Crippen LogP contribution in [-0.4, -0.2) is 20.5 Å². The van der Waals surface area contributed by atoms with E-state index in [2.05, 4.69) is 119 Å². The molecule has 4 rings (SSSR count). The Hall–Kier alpha value is -0.819. The molecule has 0 saturated carbocycles. The van der Waals surface area contributed by atoms with Gasteiger partial charge in [0, 0.05) is 8.07 Å². The molecule has 4 aromatic carbocycles. The number of fused-ring (bicyclic) bond motifs is 3. The van der Waals surface area contributed by atoms with Crippen LogP contribution in [0.15, 0.2) is 78.9 Å². The molecule has 176 valence electrons. The van der Waals surface area contributed by atoms with Gasteiger partial charge in [-0.2, -0.15) is 30.3 Å². The van der Waals surface area contributed by atoms with Crippen molar-refractivity contribution in [2.75, 3.05) is 0 Å². The zero-order valence-corrected chi connectivity index (χ0v) is 28.3. The molecule has 0 atom stereocenters. The third-order valence-electron chi connectivity index (χ3n) is 4.26. The van der Waals surface area contributed by atoms with E-state index in [1.54, 1.807) is 0 Å². The van der Waals surface area contributed by atoms with Crippen molar-refractivity contribution in [1.82, 2.24) is 0 Å². The van der Waals surface area contributed by atoms with Crippen LogP contribution in [-0.2, 0) is 26.2 Å². The van der Waals surface area contributed by atoms with E-state index in [4.69, 9.17) is 0 Å². The Balaban J connectivity index is -0.000000404. The first-order chi connectivity index (χ1) is 13.3. The molecule has 4 heteroatoms. The van der Waals surface area contributed by atoms with Crippen LogP contribution < -0.4 is 0 Å². The van der Waals surface area contributed by atoms with E-state index in [1.807, 2.05) is 0 Å². The van der Waals surface area contributed by atoms with Gasteiger partial charge in [-0.1, -0.05) is 61.4 Å². The average molecular weight is 641 g/mol. The summed E-state index contributed by atoms with van der Waals surface area (Å²) in [4.78, 5) is 0. The fraction of sp³-hybridized carbons (Fsp3) is 0.214. The average Bonchev–Trinajstić information content (AvgIpc) is 3.33. The molecular weight excluding hydrogens is 599 g/mol. The third kappa shape index (κ3) is 12.4. The molecule has 4 aromatic rings. The first-order valence-corrected chi connectivity index (χ1v) is 27.3. The quantitative estimate of drug-likeness (QED) is 0.152. The first-order valence-electron chi connectivity index (χ1n) is 9.77. The Kier molecular flexibility index (Phi) is 19.7. The predicted octanol–water partition coefficient (Wildman–Crippen LogP) is 8.74. The number of rotatable bonds is 2. The summed E-state index contributed by atoms with van der Waals surface area (Å²) in [6, 6.07) is 29.3. The zero-order chi connectivity index (χ0) is 20.6. The minimum atomic E-state index is -0.862. The van der Waals surface area contributed by atoms with Crippen LogP contribution >= 0.6 is 0 Å². The van der Waals surface area contributed by atoms with E-state index in [9.17, 15) is 0 Å². The molecule has 0 nitrogen and oxygen atoms in total. The summed E-state index contributed by atoms with van der Waals surface area (Å²) in [5.74, 6) is 0. The van der Waals surface area contributed by atoms with E-state index in [0.717, 1.165) is 0 Å². The molecule has 0 saturated heterocycles. The molecular formula is C28H42HfSi3-6. The third-order valence-corrected chi connectivity index (χ3v) is 23.9. The van der Waals surface area contributed by atoms with Crippen LogP contribution in [0.2, 0.25) is 32.7 Å². The maximum atomic E-state index is 3.59. The van der Waals surface area contributed by atoms with Gasteiger partial charge in [-0.25, -0.2) is 11.6 Å². The zero-order valence-electron chi connectivity index (χ0n) is 21.7. The van der Waals surface area contributed by atoms with Gasteiger partial charge >= 0.3 is 45.7 Å². The molecule has 0 unspecified atom stereocenters. The Morgan fingerprint density at radius 1 is 0.844 bits per heavy atom. The van der Waals surface area contributed by atoms with Crippen molar-refractivity contribution in [3.63, 3.8) is 0 Å². The van der Waals surface area contributed by atoms with Crippen molar-refractivity contribution in [1.29, 1.82) is 0 Å². The Bertz CT molecular complexity index is 1040. The fourth-order valence-electron chi connectivity index (χ4n) is 3.04. The monoisotopic (exact) mass is 642 g/mol. The summed E-state index contributed by atoms with van der Waals surface area (Å²) in [7, 11) is -0.862. The van der Waals surface area contributed by atoms with Gasteiger partial charge in [0.05, 0.1) is 0 Å². The molecule has 32 heavy (non-hydrogen) atoms. The van der Waals surface area contributed by atoms with Gasteiger partial charge in [-0.05, 0) is 5.39 Å². The van der Waals surface area contributed by atoms with Gasteiger partial charge in [-0.15, -0.1) is 22.9 Å². The largest absolute Gasteiger partial charge is 0.358 e. The second kappa shape index (κ2) is 17.6. The first kappa shape index (κ1) is 35.8. The van der Waals surface area contributed by atoms with E-state index in [-0.39, 0.29) is 55.4 Å². The van der Waals surface area contributed by atoms with Crippen molar-refractivity contribution in [3.8, 4) is 0 Å². The molecule has 0 heterocycles. The van der Waals surface area contributed by atoms with E-state index in [0.29, 0.717) is 0 Å². The van der Waals surface area contributed by atoms with E-state index in [1.165, 1.54) is 33.2 Å². The van der Waals surface area contributed by atoms with E-state index < -0.39 is 8.07 Å². The van der Waals surface area contributed by atoms with Crippen LogP contribution in [0.25, 0.3) is 21.5 Å². The van der Waals surface area contributed by atoms with Crippen molar-refractivity contribution in [2.45, 2.75) is 38.8 Å². The predicted molar refractivity (Wildman–Crippen MR) is 155 cm³/mol. The van der Waals surface area contributed by atoms with Crippen molar-refractivity contribution in [3.05, 3.63) is 114 Å². The van der Waals surface area contributed by atoms with Crippen molar-refractivity contribution >= 4 is 42.1 Å². The summed E-state index contributed by atoms with van der Waals surface area (Å²) >= 11 is -0.127. The van der Waals surface area contributed by atoms with Crippen LogP contribution in [0.4, 0.5) is 0 Å². The summed E-state index contributed by atoms with van der Waals surface area (Å²) in [6.45, 7) is 15.5. The normalized spacial score (nSPS) is 9.16. The van der Waals surface area contributed by atoms with Crippen molar-refractivity contribution < 1.29 is 20.2 Å². The van der Waals surface area contributed by atoms with Crippen LogP contribution in [0.3, 0.4) is 0 Å². The minimum absolute atomic E-state index is 0. The number of hydrogen-bond acceptors (Lipinski definition) is 0. The molecule has 0 spiro atoms. The second-order valence-corrected chi connectivity index (χ2v) is 35.8. The molecule has 0 bridgehead atoms. The molecule has 0 aliphatic carbocycles. The van der Waals surface area contributed by atoms with Crippen LogP contribution in [0, 0.1) is 29.7 Å². The molecule has 0 aliphatic rings. The molecule has 0 fully saturated rings. The maximum Gasteiger partial charge on any atom is -0.0370 e. The van der Waals surface area contributed by atoms with Gasteiger partial charge in [0.1, 0.15) is 0 Å². The van der Waals surface area contributed by atoms with Crippen LogP contribution in [0.1, 0.15) is 5.56 Å². The van der Waals surface area contributed by atoms with Crippen LogP contribution in [0.5, 0.6) is 0 Å². The van der Waals surface area contributed by atoms with Gasteiger partial charge in [-0.3, -0.25) is 0 Å². The molecule has 2 radical (unpaired) electrons. The summed E-state index contributed by atoms with van der Waals surface area (Å²) in [5.41, 5.74) is 1.75. The topological polar surface area (TPSA) is 0 Å². The number of benzene rings is 2. The minimum Gasteiger partial charge on any atom is -0.358 e. The van der Waals surface area contributed by atoms with Gasteiger partial charge in [0.15, 0.2) is 0 Å². The second-order valence-electron chi connectivity index (χ2n) is 8.47. The van der Waals surface area contributed by atoms with Crippen molar-refractivity contribution in [2.24, 2.45) is 0 Å². The summed E-state index contributed by atoms with van der Waals surface area (Å²) in [6.07, 6.45) is 0. The number of hydrogen-bond donors (Lipinski definition) is 0. The van der Waals surface area contributed by atoms with Gasteiger partial charge in [0.2, 0.25) is 0 Å². The van der Waals surface area contributed by atoms with Gasteiger partial charge in [0.25, 0.3) is 0 Å². The molecule has 0 aliphatic heterocycles. The summed E-state index contributed by atoms with van der Waals surface area (Å²) in [5, 5.41) is 5.36. The standard InChI is InChI=1S/C13H9.C9H15Si.C2H6Si.4CH3.Hf.Si/c1-2-6-12-10(4-1)8-9-11-5-3-7-13(11)12;1-10(2,3)8-9-6-4-5-7-9;1-3-2;;;;;;/h1-9H;4-7H,8H2,1-3H3;1-2H3;4*1H3;;/q2*-1;;4*-1;;. The SMILES string of the molecule is C[Si](C)(C)Cc1cc[cH-]c1.C[Si](C)=[Hf]=[Si].[CH3-].[CH3-].[CH3-].[CH3-].c1ccc2c(c1)ccc1[cH-]ccc12. The smallest absolute Gasteiger partial charge is 0.0370 e.